The lowest BCUT2D eigenvalue weighted by Crippen LogP contribution is -2.52. The van der Waals surface area contributed by atoms with Gasteiger partial charge in [-0.25, -0.2) is 4.98 Å². The molecule has 0 saturated carbocycles. The second-order valence-corrected chi connectivity index (χ2v) is 7.80. The quantitative estimate of drug-likeness (QED) is 0.625. The lowest BCUT2D eigenvalue weighted by molar-refractivity contribution is -0.0629. The van der Waals surface area contributed by atoms with Gasteiger partial charge in [-0.05, 0) is 31.2 Å². The van der Waals surface area contributed by atoms with Crippen LogP contribution in [-0.2, 0) is 4.74 Å². The maximum absolute atomic E-state index is 13.5. The summed E-state index contributed by atoms with van der Waals surface area (Å²) in [5.74, 6) is 0.867. The fourth-order valence-corrected chi connectivity index (χ4v) is 3.57. The van der Waals surface area contributed by atoms with Crippen molar-refractivity contribution in [3.63, 3.8) is 0 Å². The number of aromatic nitrogens is 4. The van der Waals surface area contributed by atoms with Gasteiger partial charge in [-0.2, -0.15) is 15.0 Å². The van der Waals surface area contributed by atoms with Gasteiger partial charge in [0.1, 0.15) is 5.82 Å². The summed E-state index contributed by atoms with van der Waals surface area (Å²) in [5, 5.41) is 12.3. The number of anilines is 1. The SMILES string of the molecule is Cc1ccc(-n2nccn2)c(C(=O)N(C)C(CNc2ccc(Cl)cn2)C2COC2)c1. The third kappa shape index (κ3) is 4.29. The molecule has 1 aliphatic heterocycles. The number of likely N-dealkylation sites (N-methyl/N-ethyl adjacent to an activating group) is 1. The van der Waals surface area contributed by atoms with E-state index in [1.807, 2.05) is 38.2 Å². The van der Waals surface area contributed by atoms with Gasteiger partial charge >= 0.3 is 0 Å². The molecule has 1 saturated heterocycles. The van der Waals surface area contributed by atoms with E-state index >= 15 is 0 Å². The van der Waals surface area contributed by atoms with Crippen LogP contribution in [-0.4, -0.2) is 63.6 Å². The van der Waals surface area contributed by atoms with Crippen molar-refractivity contribution in [3.05, 3.63) is 65.1 Å². The molecule has 0 bridgehead atoms. The molecule has 0 radical (unpaired) electrons. The minimum atomic E-state index is -0.0891. The van der Waals surface area contributed by atoms with Gasteiger partial charge in [-0.1, -0.05) is 23.2 Å². The summed E-state index contributed by atoms with van der Waals surface area (Å²) in [4.78, 5) is 21.0. The Labute approximate surface area is 179 Å². The maximum atomic E-state index is 13.5. The van der Waals surface area contributed by atoms with Crippen molar-refractivity contribution in [1.29, 1.82) is 0 Å². The molecular formula is C21H23ClN6O2. The molecule has 4 rings (SSSR count). The van der Waals surface area contributed by atoms with Crippen LogP contribution < -0.4 is 5.32 Å². The monoisotopic (exact) mass is 426 g/mol. The summed E-state index contributed by atoms with van der Waals surface area (Å²) < 4.78 is 5.40. The third-order valence-corrected chi connectivity index (χ3v) is 5.49. The molecule has 0 spiro atoms. The van der Waals surface area contributed by atoms with Crippen LogP contribution in [0.25, 0.3) is 5.69 Å². The largest absolute Gasteiger partial charge is 0.381 e. The van der Waals surface area contributed by atoms with Gasteiger partial charge in [0, 0.05) is 25.7 Å². The second kappa shape index (κ2) is 8.81. The Morgan fingerprint density at radius 2 is 2.07 bits per heavy atom. The molecule has 30 heavy (non-hydrogen) atoms. The standard InChI is InChI=1S/C21H23ClN6O2/c1-14-3-5-18(28-25-7-8-26-28)17(9-14)21(29)27(2)19(15-12-30-13-15)11-24-20-6-4-16(22)10-23-20/h3-10,15,19H,11-13H2,1-2H3,(H,23,24). The van der Waals surface area contributed by atoms with Crippen LogP contribution in [0.5, 0.6) is 0 Å². The summed E-state index contributed by atoms with van der Waals surface area (Å²) in [7, 11) is 1.82. The number of halogens is 1. The number of rotatable bonds is 7. The molecular weight excluding hydrogens is 404 g/mol. The van der Waals surface area contributed by atoms with Crippen LogP contribution >= 0.6 is 11.6 Å². The van der Waals surface area contributed by atoms with E-state index in [4.69, 9.17) is 16.3 Å². The van der Waals surface area contributed by atoms with Crippen molar-refractivity contribution < 1.29 is 9.53 Å². The molecule has 1 aromatic carbocycles. The molecule has 0 aliphatic carbocycles. The van der Waals surface area contributed by atoms with Gasteiger partial charge in [-0.3, -0.25) is 4.79 Å². The number of amides is 1. The first-order valence-electron chi connectivity index (χ1n) is 9.70. The van der Waals surface area contributed by atoms with E-state index in [1.165, 1.54) is 4.80 Å². The van der Waals surface area contributed by atoms with Gasteiger partial charge in [0.05, 0.1) is 47.9 Å². The summed E-state index contributed by atoms with van der Waals surface area (Å²) in [6.45, 7) is 3.76. The highest BCUT2D eigenvalue weighted by atomic mass is 35.5. The lowest BCUT2D eigenvalue weighted by atomic mass is 9.95. The molecule has 8 nitrogen and oxygen atoms in total. The fraction of sp³-hybridized carbons (Fsp3) is 0.333. The van der Waals surface area contributed by atoms with Crippen molar-refractivity contribution in [2.24, 2.45) is 5.92 Å². The number of carbonyl (C=O) groups excluding carboxylic acids is 1. The lowest BCUT2D eigenvalue weighted by Gasteiger charge is -2.39. The molecule has 1 atom stereocenters. The number of carbonyl (C=O) groups is 1. The molecule has 3 aromatic rings. The van der Waals surface area contributed by atoms with E-state index in [2.05, 4.69) is 20.5 Å². The third-order valence-electron chi connectivity index (χ3n) is 5.26. The fourth-order valence-electron chi connectivity index (χ4n) is 3.46. The van der Waals surface area contributed by atoms with Crippen molar-refractivity contribution in [1.82, 2.24) is 24.9 Å². The van der Waals surface area contributed by atoms with Crippen LogP contribution in [0, 0.1) is 12.8 Å². The zero-order valence-electron chi connectivity index (χ0n) is 16.8. The Balaban J connectivity index is 1.57. The van der Waals surface area contributed by atoms with Gasteiger partial charge < -0.3 is 15.0 Å². The highest BCUT2D eigenvalue weighted by Gasteiger charge is 2.34. The normalized spacial score (nSPS) is 14.8. The summed E-state index contributed by atoms with van der Waals surface area (Å²) in [5.41, 5.74) is 2.21. The molecule has 1 amide bonds. The summed E-state index contributed by atoms with van der Waals surface area (Å²) >= 11 is 5.91. The number of benzene rings is 1. The molecule has 1 unspecified atom stereocenters. The number of pyridine rings is 1. The Morgan fingerprint density at radius 3 is 2.70 bits per heavy atom. The number of ether oxygens (including phenoxy) is 1. The first-order chi connectivity index (χ1) is 14.5. The molecule has 9 heteroatoms. The predicted molar refractivity (Wildman–Crippen MR) is 114 cm³/mol. The van der Waals surface area contributed by atoms with Gasteiger partial charge in [0.25, 0.3) is 5.91 Å². The highest BCUT2D eigenvalue weighted by Crippen LogP contribution is 2.24. The highest BCUT2D eigenvalue weighted by molar-refractivity contribution is 6.30. The summed E-state index contributed by atoms with van der Waals surface area (Å²) in [6, 6.07) is 9.22. The predicted octanol–water partition coefficient (Wildman–Crippen LogP) is 2.82. The number of hydrogen-bond acceptors (Lipinski definition) is 6. The van der Waals surface area contributed by atoms with E-state index in [9.17, 15) is 4.79 Å². The molecule has 3 heterocycles. The van der Waals surface area contributed by atoms with Crippen molar-refractivity contribution in [3.8, 4) is 5.69 Å². The van der Waals surface area contributed by atoms with E-state index in [0.29, 0.717) is 41.8 Å². The van der Waals surface area contributed by atoms with Crippen molar-refractivity contribution in [2.75, 3.05) is 32.1 Å². The Kier molecular flexibility index (Phi) is 5.96. The van der Waals surface area contributed by atoms with Crippen molar-refractivity contribution >= 4 is 23.3 Å². The van der Waals surface area contributed by atoms with Gasteiger partial charge in [-0.15, -0.1) is 0 Å². The van der Waals surface area contributed by atoms with Gasteiger partial charge in [0.15, 0.2) is 0 Å². The van der Waals surface area contributed by atoms with Crippen molar-refractivity contribution in [2.45, 2.75) is 13.0 Å². The average molecular weight is 427 g/mol. The van der Waals surface area contributed by atoms with Crippen LogP contribution in [0.1, 0.15) is 15.9 Å². The topological polar surface area (TPSA) is 85.2 Å². The van der Waals surface area contributed by atoms with Gasteiger partial charge in [0.2, 0.25) is 0 Å². The first-order valence-corrected chi connectivity index (χ1v) is 10.1. The molecule has 1 fully saturated rings. The van der Waals surface area contributed by atoms with E-state index in [1.54, 1.807) is 29.6 Å². The average Bonchev–Trinajstić information content (AvgIpc) is 3.24. The minimum Gasteiger partial charge on any atom is -0.381 e. The first kappa shape index (κ1) is 20.3. The Bertz CT molecular complexity index is 1000. The Hall–Kier alpha value is -2.97. The van der Waals surface area contributed by atoms with E-state index < -0.39 is 0 Å². The number of aryl methyl sites for hydroxylation is 1. The number of hydrogen-bond donors (Lipinski definition) is 1. The van der Waals surface area contributed by atoms with Crippen LogP contribution in [0.2, 0.25) is 5.02 Å². The smallest absolute Gasteiger partial charge is 0.256 e. The molecule has 2 aromatic heterocycles. The number of nitrogens with zero attached hydrogens (tertiary/aromatic N) is 5. The van der Waals surface area contributed by atoms with E-state index in [-0.39, 0.29) is 17.9 Å². The zero-order valence-corrected chi connectivity index (χ0v) is 17.6. The molecule has 1 aliphatic rings. The minimum absolute atomic E-state index is 0.0670. The van der Waals surface area contributed by atoms with Crippen LogP contribution in [0.3, 0.4) is 0 Å². The van der Waals surface area contributed by atoms with Crippen LogP contribution in [0.4, 0.5) is 5.82 Å². The second-order valence-electron chi connectivity index (χ2n) is 7.36. The zero-order chi connectivity index (χ0) is 21.1. The maximum Gasteiger partial charge on any atom is 0.256 e. The summed E-state index contributed by atoms with van der Waals surface area (Å²) in [6.07, 6.45) is 4.78. The van der Waals surface area contributed by atoms with E-state index in [0.717, 1.165) is 5.56 Å². The van der Waals surface area contributed by atoms with Crippen LogP contribution in [0.15, 0.2) is 48.9 Å². The molecule has 1 N–H and O–H groups in total. The Morgan fingerprint density at radius 1 is 1.30 bits per heavy atom. The number of nitrogens with one attached hydrogen (secondary N) is 1. The molecule has 156 valence electrons.